The average molecular weight is 604 g/mol. The van der Waals surface area contributed by atoms with E-state index in [9.17, 15) is 14.4 Å². The van der Waals surface area contributed by atoms with Crippen molar-refractivity contribution in [3.63, 3.8) is 0 Å². The third-order valence-corrected chi connectivity index (χ3v) is 8.45. The highest BCUT2D eigenvalue weighted by molar-refractivity contribution is 5.89. The van der Waals surface area contributed by atoms with Gasteiger partial charge in [0.15, 0.2) is 0 Å². The fraction of sp³-hybridized carbons (Fsp3) is 0.452. The number of aromatic amines is 1. The minimum atomic E-state index is -0.912. The van der Waals surface area contributed by atoms with Crippen LogP contribution in [0.15, 0.2) is 36.7 Å². The van der Waals surface area contributed by atoms with Crippen LogP contribution in [-0.4, -0.2) is 102 Å². The molecule has 13 nitrogen and oxygen atoms in total. The fourth-order valence-corrected chi connectivity index (χ4v) is 6.06. The molecule has 4 aliphatic heterocycles. The second kappa shape index (κ2) is 12.6. The van der Waals surface area contributed by atoms with Crippen LogP contribution in [0.5, 0.6) is 0 Å². The summed E-state index contributed by atoms with van der Waals surface area (Å²) in [5.41, 5.74) is 3.57. The van der Waals surface area contributed by atoms with Gasteiger partial charge in [-0.05, 0) is 35.7 Å². The Balaban J connectivity index is 1.25. The number of aromatic nitrogens is 3. The number of piperidine rings is 1. The van der Waals surface area contributed by atoms with Gasteiger partial charge in [-0.1, -0.05) is 18.2 Å². The number of pyridine rings is 1. The van der Waals surface area contributed by atoms with E-state index < -0.39 is 17.7 Å². The van der Waals surface area contributed by atoms with E-state index in [1.54, 1.807) is 29.2 Å². The molecule has 1 spiro atoms. The van der Waals surface area contributed by atoms with E-state index in [0.717, 1.165) is 33.2 Å². The molecule has 0 aliphatic carbocycles. The van der Waals surface area contributed by atoms with E-state index in [2.05, 4.69) is 25.8 Å². The van der Waals surface area contributed by atoms with Crippen LogP contribution in [0, 0.1) is 6.92 Å². The van der Waals surface area contributed by atoms with Crippen molar-refractivity contribution in [1.82, 2.24) is 30.3 Å². The summed E-state index contributed by atoms with van der Waals surface area (Å²) in [5.74, 6) is 0.245. The quantitative estimate of drug-likeness (QED) is 0.379. The number of rotatable bonds is 2. The van der Waals surface area contributed by atoms with Crippen molar-refractivity contribution in [3.05, 3.63) is 58.9 Å². The number of H-pyrrole nitrogens is 1. The summed E-state index contributed by atoms with van der Waals surface area (Å²) in [5, 5.41) is 13.8. The summed E-state index contributed by atoms with van der Waals surface area (Å²) < 4.78 is 17.3. The van der Waals surface area contributed by atoms with E-state index in [-0.39, 0.29) is 11.9 Å². The van der Waals surface area contributed by atoms with E-state index in [1.807, 2.05) is 37.3 Å². The van der Waals surface area contributed by atoms with Crippen molar-refractivity contribution in [1.29, 1.82) is 0 Å². The number of hydrogen-bond acceptors (Lipinski definition) is 8. The molecule has 4 aliphatic rings. The number of carbonyl (C=O) groups is 3. The number of ether oxygens (including phenoxy) is 3. The summed E-state index contributed by atoms with van der Waals surface area (Å²) >= 11 is 0. The first kappa shape index (κ1) is 29.6. The van der Waals surface area contributed by atoms with Crippen molar-refractivity contribution >= 4 is 40.8 Å². The molecular weight excluding hydrogens is 566 g/mol. The van der Waals surface area contributed by atoms with Gasteiger partial charge in [-0.2, -0.15) is 5.10 Å². The number of carbonyl (C=O) groups excluding carboxylic acids is 3. The second-order valence-electron chi connectivity index (χ2n) is 11.5. The second-order valence-corrected chi connectivity index (χ2v) is 11.5. The Kier molecular flexibility index (Phi) is 8.49. The minimum Gasteiger partial charge on any atom is -0.437 e. The van der Waals surface area contributed by atoms with Crippen LogP contribution in [0.3, 0.4) is 0 Å². The number of fused-ring (bicyclic) bond motifs is 15. The molecule has 1 saturated heterocycles. The minimum absolute atomic E-state index is 0.215. The molecule has 1 aromatic carbocycles. The standard InChI is InChI=1S/C31H37N7O6/c1-20-14-22(15-23-19-33-36-26(20)23)17-25-28(39)37(2)9-11-43-13-12-42-10-3-4-21-16-24-27(32-18-21)35-30(41)44-31(24)5-7-38(8-6-31)29(40)34-25/h3-4,14-16,18-19,25H,5-13,17H2,1-2H3,(H,33,36)(H,34,40)(H,32,35,41)/b4-3+/t25-/m1/s1. The number of likely N-dealkylation sites (N-methyl/N-ethyl adjacent to an activating group) is 1. The van der Waals surface area contributed by atoms with Gasteiger partial charge in [0.25, 0.3) is 0 Å². The normalized spacial score (nSPS) is 24.3. The Bertz CT molecular complexity index is 1580. The average Bonchev–Trinajstić information content (AvgIpc) is 3.49. The van der Waals surface area contributed by atoms with Crippen molar-refractivity contribution in [3.8, 4) is 0 Å². The molecule has 232 valence electrons. The zero-order valence-electron chi connectivity index (χ0n) is 24.9. The Morgan fingerprint density at radius 2 is 1.84 bits per heavy atom. The maximum atomic E-state index is 13.7. The fourth-order valence-electron chi connectivity index (χ4n) is 6.06. The highest BCUT2D eigenvalue weighted by Crippen LogP contribution is 2.43. The van der Waals surface area contributed by atoms with Crippen LogP contribution < -0.4 is 10.6 Å². The molecule has 0 saturated carbocycles. The van der Waals surface area contributed by atoms with Gasteiger partial charge in [0.2, 0.25) is 5.91 Å². The summed E-state index contributed by atoms with van der Waals surface area (Å²) in [4.78, 5) is 47.6. The summed E-state index contributed by atoms with van der Waals surface area (Å²) in [6, 6.07) is 4.80. The SMILES string of the molecule is Cc1cc(C[C@H]2NC(=O)N3CCC4(CC3)OC(=O)Nc3ncc(cc34)/C=C/COCCOCCN(C)C2=O)cc2cn[nH]c12. The Morgan fingerprint density at radius 3 is 2.68 bits per heavy atom. The maximum Gasteiger partial charge on any atom is 0.413 e. The lowest BCUT2D eigenvalue weighted by Crippen LogP contribution is -2.56. The van der Waals surface area contributed by atoms with Crippen molar-refractivity contribution in [2.45, 2.75) is 37.8 Å². The summed E-state index contributed by atoms with van der Waals surface area (Å²) in [7, 11) is 1.71. The van der Waals surface area contributed by atoms with Gasteiger partial charge in [0.05, 0.1) is 38.1 Å². The zero-order chi connectivity index (χ0) is 30.7. The highest BCUT2D eigenvalue weighted by Gasteiger charge is 2.46. The van der Waals surface area contributed by atoms with E-state index >= 15 is 0 Å². The first-order valence-electron chi connectivity index (χ1n) is 14.9. The van der Waals surface area contributed by atoms with Crippen LogP contribution in [-0.2, 0) is 31.0 Å². The van der Waals surface area contributed by atoms with E-state index in [1.165, 1.54) is 0 Å². The van der Waals surface area contributed by atoms with Gasteiger partial charge in [-0.15, -0.1) is 0 Å². The highest BCUT2D eigenvalue weighted by atomic mass is 16.6. The molecule has 7 rings (SSSR count). The largest absolute Gasteiger partial charge is 0.437 e. The van der Waals surface area contributed by atoms with Crippen LogP contribution in [0.2, 0.25) is 0 Å². The lowest BCUT2D eigenvalue weighted by molar-refractivity contribution is -0.132. The van der Waals surface area contributed by atoms with Gasteiger partial charge in [-0.25, -0.2) is 14.6 Å². The first-order chi connectivity index (χ1) is 21.3. The first-order valence-corrected chi connectivity index (χ1v) is 14.9. The molecule has 6 heterocycles. The number of nitrogens with zero attached hydrogens (tertiary/aromatic N) is 4. The van der Waals surface area contributed by atoms with Crippen LogP contribution in [0.4, 0.5) is 15.4 Å². The zero-order valence-corrected chi connectivity index (χ0v) is 24.9. The number of benzene rings is 1. The molecule has 1 atom stereocenters. The number of nitrogens with one attached hydrogen (secondary N) is 3. The molecule has 1 fully saturated rings. The third kappa shape index (κ3) is 6.24. The van der Waals surface area contributed by atoms with Gasteiger partial charge >= 0.3 is 12.1 Å². The van der Waals surface area contributed by atoms with Gasteiger partial charge in [0.1, 0.15) is 17.5 Å². The number of aryl methyl sites for hydroxylation is 1. The predicted octanol–water partition coefficient (Wildman–Crippen LogP) is 2.96. The molecule has 2 aromatic heterocycles. The Labute approximate surface area is 254 Å². The number of hydrogen-bond donors (Lipinski definition) is 3. The van der Waals surface area contributed by atoms with Crippen LogP contribution in [0.1, 0.15) is 35.1 Å². The number of amides is 4. The van der Waals surface area contributed by atoms with Gasteiger partial charge in [-0.3, -0.25) is 15.2 Å². The summed E-state index contributed by atoms with van der Waals surface area (Å²) in [6.07, 6.45) is 7.78. The smallest absolute Gasteiger partial charge is 0.413 e. The topological polar surface area (TPSA) is 151 Å². The van der Waals surface area contributed by atoms with Gasteiger partial charge in [0, 0.05) is 63.1 Å². The van der Waals surface area contributed by atoms with E-state index in [4.69, 9.17) is 14.2 Å². The lowest BCUT2D eigenvalue weighted by atomic mass is 9.83. The maximum absolute atomic E-state index is 13.7. The van der Waals surface area contributed by atoms with Crippen molar-refractivity contribution < 1.29 is 28.6 Å². The third-order valence-electron chi connectivity index (χ3n) is 8.45. The van der Waals surface area contributed by atoms with Gasteiger partial charge < -0.3 is 29.3 Å². The number of urea groups is 1. The predicted molar refractivity (Wildman–Crippen MR) is 162 cm³/mol. The molecule has 4 amide bonds. The van der Waals surface area contributed by atoms with Crippen molar-refractivity contribution in [2.75, 3.05) is 58.4 Å². The molecule has 0 unspecified atom stereocenters. The molecule has 13 heteroatoms. The van der Waals surface area contributed by atoms with Crippen molar-refractivity contribution in [2.24, 2.45) is 0 Å². The number of anilines is 1. The molecule has 4 bridgehead atoms. The Morgan fingerprint density at radius 1 is 1.02 bits per heavy atom. The molecule has 44 heavy (non-hydrogen) atoms. The Hall–Kier alpha value is -4.49. The summed E-state index contributed by atoms with van der Waals surface area (Å²) in [6.45, 7) is 4.52. The van der Waals surface area contributed by atoms with Crippen LogP contribution >= 0.6 is 0 Å². The molecule has 3 aromatic rings. The monoisotopic (exact) mass is 603 g/mol. The lowest BCUT2D eigenvalue weighted by Gasteiger charge is -2.44. The molecule has 0 radical (unpaired) electrons. The van der Waals surface area contributed by atoms with Crippen LogP contribution in [0.25, 0.3) is 17.0 Å². The van der Waals surface area contributed by atoms with E-state index in [0.29, 0.717) is 71.1 Å². The molecular formula is C31H37N7O6. The molecule has 3 N–H and O–H groups in total.